The molecule has 0 aliphatic carbocycles. The zero-order valence-electron chi connectivity index (χ0n) is 22.2. The molecule has 5 rings (SSSR count). The lowest BCUT2D eigenvalue weighted by Gasteiger charge is -2.29. The second kappa shape index (κ2) is 10.3. The molecule has 0 aliphatic rings. The van der Waals surface area contributed by atoms with E-state index in [9.17, 15) is 0 Å². The molecule has 0 radical (unpaired) electrons. The maximum atomic E-state index is 4.87. The first-order chi connectivity index (χ1) is 17.8. The Bertz CT molecular complexity index is 1550. The summed E-state index contributed by atoms with van der Waals surface area (Å²) in [4.78, 5) is 2.25. The van der Waals surface area contributed by atoms with Crippen LogP contribution >= 0.6 is 11.3 Å². The van der Waals surface area contributed by atoms with Gasteiger partial charge in [0.25, 0.3) is 5.13 Å². The number of hydrogen-bond acceptors (Lipinski definition) is 6. The number of nitrogens with zero attached hydrogens (tertiary/aromatic N) is 6. The van der Waals surface area contributed by atoms with Gasteiger partial charge in [-0.25, -0.2) is 0 Å². The predicted molar refractivity (Wildman–Crippen MR) is 155 cm³/mol. The molecular formula is C30H32N6S. The molecule has 2 heterocycles. The van der Waals surface area contributed by atoms with E-state index in [1.807, 2.05) is 6.07 Å². The molecule has 5 aromatic rings. The van der Waals surface area contributed by atoms with Gasteiger partial charge < -0.3 is 9.47 Å². The molecule has 2 aromatic heterocycles. The quantitative estimate of drug-likeness (QED) is 0.207. The van der Waals surface area contributed by atoms with Gasteiger partial charge in [-0.15, -0.1) is 20.4 Å². The smallest absolute Gasteiger partial charge is 0.253 e. The Hall–Kier alpha value is -3.84. The number of fused-ring (bicyclic) bond motifs is 1. The van der Waals surface area contributed by atoms with Crippen molar-refractivity contribution < 1.29 is 0 Å². The van der Waals surface area contributed by atoms with Crippen LogP contribution in [0.1, 0.15) is 33.3 Å². The number of aryl methyl sites for hydroxylation is 2. The number of azo groups is 1. The first-order valence-electron chi connectivity index (χ1n) is 12.6. The van der Waals surface area contributed by atoms with Crippen LogP contribution in [0.3, 0.4) is 0 Å². The van der Waals surface area contributed by atoms with Crippen LogP contribution in [-0.4, -0.2) is 26.8 Å². The van der Waals surface area contributed by atoms with Crippen molar-refractivity contribution in [2.45, 2.75) is 46.7 Å². The van der Waals surface area contributed by atoms with Gasteiger partial charge in [-0.3, -0.25) is 0 Å². The molecule has 188 valence electrons. The highest BCUT2D eigenvalue weighted by Crippen LogP contribution is 2.45. The molecule has 0 saturated carbocycles. The van der Waals surface area contributed by atoms with E-state index in [-0.39, 0.29) is 0 Å². The lowest BCUT2D eigenvalue weighted by molar-refractivity contribution is 0.603. The average molecular weight is 509 g/mol. The average Bonchev–Trinajstić information content (AvgIpc) is 3.45. The molecule has 0 aliphatic heterocycles. The van der Waals surface area contributed by atoms with Gasteiger partial charge in [-0.05, 0) is 51.8 Å². The van der Waals surface area contributed by atoms with Gasteiger partial charge in [0.15, 0.2) is 0 Å². The molecule has 0 unspecified atom stereocenters. The Morgan fingerprint density at radius 1 is 0.811 bits per heavy atom. The van der Waals surface area contributed by atoms with Crippen molar-refractivity contribution in [1.29, 1.82) is 0 Å². The Balaban J connectivity index is 1.70. The molecular weight excluding hydrogens is 476 g/mol. The summed E-state index contributed by atoms with van der Waals surface area (Å²) in [5.74, 6) is 0. The van der Waals surface area contributed by atoms with E-state index in [0.717, 1.165) is 44.1 Å². The Morgan fingerprint density at radius 3 is 2.22 bits per heavy atom. The highest BCUT2D eigenvalue weighted by Gasteiger charge is 2.22. The SMILES string of the molecule is Cc1cccc(-c2cccc3c2c(N=Nc2nnc(N(C(C)C)C(C)C)s2)c(-c2ccccc2)n3C)c1. The van der Waals surface area contributed by atoms with Gasteiger partial charge in [0, 0.05) is 30.1 Å². The maximum Gasteiger partial charge on any atom is 0.253 e. The van der Waals surface area contributed by atoms with Gasteiger partial charge in [0.2, 0.25) is 5.13 Å². The first kappa shape index (κ1) is 24.8. The molecule has 0 amide bonds. The van der Waals surface area contributed by atoms with Crippen molar-refractivity contribution in [2.75, 3.05) is 4.90 Å². The Kier molecular flexibility index (Phi) is 6.89. The third-order valence-electron chi connectivity index (χ3n) is 6.55. The van der Waals surface area contributed by atoms with Gasteiger partial charge in [-0.2, -0.15) is 0 Å². The zero-order chi connectivity index (χ0) is 26.1. The van der Waals surface area contributed by atoms with Gasteiger partial charge in [-0.1, -0.05) is 83.6 Å². The summed E-state index contributed by atoms with van der Waals surface area (Å²) >= 11 is 1.47. The van der Waals surface area contributed by atoms with Crippen molar-refractivity contribution in [3.63, 3.8) is 0 Å². The lowest BCUT2D eigenvalue weighted by atomic mass is 9.98. The fourth-order valence-corrected chi connectivity index (χ4v) is 5.96. The van der Waals surface area contributed by atoms with Gasteiger partial charge >= 0.3 is 0 Å². The molecule has 6 nitrogen and oxygen atoms in total. The van der Waals surface area contributed by atoms with Crippen LogP contribution in [0.5, 0.6) is 0 Å². The summed E-state index contributed by atoms with van der Waals surface area (Å²) in [5, 5.41) is 20.8. The Morgan fingerprint density at radius 2 is 1.51 bits per heavy atom. The van der Waals surface area contributed by atoms with Crippen LogP contribution in [0, 0.1) is 6.92 Å². The number of hydrogen-bond donors (Lipinski definition) is 0. The standard InChI is InChI=1S/C30H32N6S/c1-19(2)36(20(3)4)30-34-33-29(37-30)32-31-27-26-24(23-15-10-12-21(5)18-23)16-11-17-25(26)35(6)28(27)22-13-8-7-9-14-22/h7-20H,1-6H3. The highest BCUT2D eigenvalue weighted by molar-refractivity contribution is 7.18. The third kappa shape index (κ3) is 4.79. The van der Waals surface area contributed by atoms with Crippen molar-refractivity contribution in [1.82, 2.24) is 14.8 Å². The van der Waals surface area contributed by atoms with Gasteiger partial charge in [0.05, 0.1) is 11.2 Å². The largest absolute Gasteiger partial charge is 0.342 e. The summed E-state index contributed by atoms with van der Waals surface area (Å²) in [7, 11) is 2.09. The summed E-state index contributed by atoms with van der Waals surface area (Å²) in [6.07, 6.45) is 0. The molecule has 0 saturated heterocycles. The fraction of sp³-hybridized carbons (Fsp3) is 0.267. The van der Waals surface area contributed by atoms with E-state index in [4.69, 9.17) is 5.11 Å². The third-order valence-corrected chi connectivity index (χ3v) is 7.37. The van der Waals surface area contributed by atoms with E-state index in [1.165, 1.54) is 16.9 Å². The number of benzene rings is 3. The number of rotatable bonds is 7. The summed E-state index contributed by atoms with van der Waals surface area (Å²) < 4.78 is 2.21. The van der Waals surface area contributed by atoms with E-state index in [0.29, 0.717) is 17.2 Å². The number of anilines is 1. The maximum absolute atomic E-state index is 4.87. The second-order valence-corrected chi connectivity index (χ2v) is 10.8. The van der Waals surface area contributed by atoms with Crippen molar-refractivity contribution in [2.24, 2.45) is 17.3 Å². The summed E-state index contributed by atoms with van der Waals surface area (Å²) in [5.41, 5.74) is 7.58. The van der Waals surface area contributed by atoms with E-state index in [1.54, 1.807) is 0 Å². The van der Waals surface area contributed by atoms with Crippen LogP contribution in [0.4, 0.5) is 16.0 Å². The minimum atomic E-state index is 0.317. The zero-order valence-corrected chi connectivity index (χ0v) is 23.0. The van der Waals surface area contributed by atoms with Crippen LogP contribution < -0.4 is 4.90 Å². The first-order valence-corrected chi connectivity index (χ1v) is 13.4. The monoisotopic (exact) mass is 508 g/mol. The molecule has 3 aromatic carbocycles. The van der Waals surface area contributed by atoms with Gasteiger partial charge in [0.1, 0.15) is 5.69 Å². The molecule has 0 atom stereocenters. The topological polar surface area (TPSA) is 58.7 Å². The van der Waals surface area contributed by atoms with E-state index in [2.05, 4.69) is 133 Å². The lowest BCUT2D eigenvalue weighted by Crippen LogP contribution is -2.36. The molecule has 0 bridgehead atoms. The summed E-state index contributed by atoms with van der Waals surface area (Å²) in [6, 6.07) is 26.0. The van der Waals surface area contributed by atoms with Crippen LogP contribution in [-0.2, 0) is 7.05 Å². The Labute approximate surface area is 222 Å². The van der Waals surface area contributed by atoms with Crippen molar-refractivity contribution in [3.05, 3.63) is 78.4 Å². The van der Waals surface area contributed by atoms with E-state index >= 15 is 0 Å². The molecule has 0 spiro atoms. The number of aromatic nitrogens is 3. The highest BCUT2D eigenvalue weighted by atomic mass is 32.1. The minimum absolute atomic E-state index is 0.317. The van der Waals surface area contributed by atoms with Crippen LogP contribution in [0.2, 0.25) is 0 Å². The van der Waals surface area contributed by atoms with Crippen molar-refractivity contribution >= 4 is 38.2 Å². The fourth-order valence-electron chi connectivity index (χ4n) is 5.03. The van der Waals surface area contributed by atoms with Crippen LogP contribution in [0.25, 0.3) is 33.3 Å². The molecule has 0 fully saturated rings. The molecule has 0 N–H and O–H groups in total. The van der Waals surface area contributed by atoms with Crippen LogP contribution in [0.15, 0.2) is 83.0 Å². The molecule has 37 heavy (non-hydrogen) atoms. The second-order valence-electron chi connectivity index (χ2n) is 9.85. The predicted octanol–water partition coefficient (Wildman–Crippen LogP) is 8.71. The van der Waals surface area contributed by atoms with Crippen molar-refractivity contribution in [3.8, 4) is 22.4 Å². The minimum Gasteiger partial charge on any atom is -0.342 e. The summed E-state index contributed by atoms with van der Waals surface area (Å²) in [6.45, 7) is 10.8. The van der Waals surface area contributed by atoms with E-state index < -0.39 is 0 Å². The normalized spacial score (nSPS) is 11.9. The molecule has 7 heteroatoms.